The van der Waals surface area contributed by atoms with Crippen LogP contribution >= 0.6 is 0 Å². The van der Waals surface area contributed by atoms with Gasteiger partial charge in [-0.15, -0.1) is 0 Å². The molecule has 0 amide bonds. The van der Waals surface area contributed by atoms with Gasteiger partial charge in [0.1, 0.15) is 5.82 Å². The molecule has 1 aromatic heterocycles. The van der Waals surface area contributed by atoms with Crippen molar-refractivity contribution in [3.05, 3.63) is 38.3 Å². The van der Waals surface area contributed by atoms with Crippen molar-refractivity contribution < 1.29 is 4.39 Å². The van der Waals surface area contributed by atoms with Crippen molar-refractivity contribution in [2.75, 3.05) is 24.5 Å². The zero-order chi connectivity index (χ0) is 19.1. The van der Waals surface area contributed by atoms with E-state index >= 15 is 0 Å². The van der Waals surface area contributed by atoms with Crippen LogP contribution in [0.1, 0.15) is 37.3 Å². The highest BCUT2D eigenvalue weighted by molar-refractivity contribution is 5.87. The summed E-state index contributed by atoms with van der Waals surface area (Å²) in [7, 11) is 0. The Bertz CT molecular complexity index is 1050. The molecule has 1 atom stereocenters. The van der Waals surface area contributed by atoms with Crippen LogP contribution in [0.4, 0.5) is 10.1 Å². The SMILES string of the molecule is Cc1c(N2CCC(NCCC#N)C2)c(F)cc2c(=O)[nH]c(=O)n(C3CC3)c12. The van der Waals surface area contributed by atoms with Gasteiger partial charge >= 0.3 is 5.69 Å². The molecule has 1 unspecified atom stereocenters. The van der Waals surface area contributed by atoms with Gasteiger partial charge in [-0.1, -0.05) is 0 Å². The van der Waals surface area contributed by atoms with Gasteiger partial charge in [0.05, 0.1) is 22.7 Å². The van der Waals surface area contributed by atoms with E-state index in [2.05, 4.69) is 16.4 Å². The molecule has 1 saturated heterocycles. The van der Waals surface area contributed by atoms with Crippen LogP contribution in [0.2, 0.25) is 0 Å². The second-order valence-electron chi connectivity index (χ2n) is 7.38. The first-order chi connectivity index (χ1) is 13.0. The summed E-state index contributed by atoms with van der Waals surface area (Å²) in [6.45, 7) is 3.72. The van der Waals surface area contributed by atoms with Gasteiger partial charge in [0.25, 0.3) is 5.56 Å². The number of hydrogen-bond acceptors (Lipinski definition) is 5. The van der Waals surface area contributed by atoms with Crippen molar-refractivity contribution in [3.8, 4) is 6.07 Å². The average Bonchev–Trinajstić information content (AvgIpc) is 3.35. The van der Waals surface area contributed by atoms with E-state index in [0.717, 1.165) is 19.3 Å². The van der Waals surface area contributed by atoms with Crippen LogP contribution in [-0.2, 0) is 0 Å². The first-order valence-corrected chi connectivity index (χ1v) is 9.34. The minimum absolute atomic E-state index is 0.0767. The number of H-pyrrole nitrogens is 1. The van der Waals surface area contributed by atoms with Crippen LogP contribution in [0, 0.1) is 24.1 Å². The van der Waals surface area contributed by atoms with E-state index in [-0.39, 0.29) is 17.5 Å². The number of nitriles is 1. The number of halogens is 1. The molecule has 1 saturated carbocycles. The Morgan fingerprint density at radius 3 is 2.85 bits per heavy atom. The summed E-state index contributed by atoms with van der Waals surface area (Å²) in [5, 5.41) is 12.2. The lowest BCUT2D eigenvalue weighted by Crippen LogP contribution is -2.34. The van der Waals surface area contributed by atoms with Gasteiger partial charge in [-0.3, -0.25) is 14.3 Å². The van der Waals surface area contributed by atoms with Gasteiger partial charge in [0.2, 0.25) is 0 Å². The fourth-order valence-corrected chi connectivity index (χ4v) is 4.10. The second-order valence-corrected chi connectivity index (χ2v) is 7.38. The van der Waals surface area contributed by atoms with E-state index in [4.69, 9.17) is 5.26 Å². The number of rotatable bonds is 5. The normalized spacial score (nSPS) is 19.6. The molecular weight excluding hydrogens is 349 g/mol. The smallest absolute Gasteiger partial charge is 0.329 e. The molecule has 7 nitrogen and oxygen atoms in total. The molecule has 2 aliphatic rings. The fourth-order valence-electron chi connectivity index (χ4n) is 4.10. The number of fused-ring (bicyclic) bond motifs is 1. The van der Waals surface area contributed by atoms with Gasteiger partial charge in [-0.05, 0) is 32.3 Å². The van der Waals surface area contributed by atoms with Crippen LogP contribution in [-0.4, -0.2) is 35.2 Å². The molecule has 142 valence electrons. The van der Waals surface area contributed by atoms with E-state index in [1.54, 1.807) is 11.5 Å². The standard InChI is InChI=1S/C19H22FN5O2/c1-11-16-14(18(26)23-19(27)25(16)13-3-4-13)9-15(20)17(11)24-8-5-12(10-24)22-7-2-6-21/h9,12-13,22H,2-5,7-8,10H2,1H3,(H,23,26,27). The third-order valence-electron chi connectivity index (χ3n) is 5.47. The number of nitrogens with zero attached hydrogens (tertiary/aromatic N) is 3. The highest BCUT2D eigenvalue weighted by Gasteiger charge is 2.31. The molecule has 4 rings (SSSR count). The molecular formula is C19H22FN5O2. The molecule has 2 aromatic rings. The van der Waals surface area contributed by atoms with Crippen molar-refractivity contribution in [3.63, 3.8) is 0 Å². The van der Waals surface area contributed by atoms with Crippen molar-refractivity contribution in [2.24, 2.45) is 0 Å². The molecule has 1 aliphatic heterocycles. The summed E-state index contributed by atoms with van der Waals surface area (Å²) in [5.74, 6) is -0.441. The number of anilines is 1. The summed E-state index contributed by atoms with van der Waals surface area (Å²) in [6, 6.07) is 3.63. The molecule has 8 heteroatoms. The third-order valence-corrected chi connectivity index (χ3v) is 5.47. The molecule has 2 fully saturated rings. The minimum atomic E-state index is -0.544. The summed E-state index contributed by atoms with van der Waals surface area (Å²) >= 11 is 0. The maximum absolute atomic E-state index is 14.9. The highest BCUT2D eigenvalue weighted by Crippen LogP contribution is 2.38. The van der Waals surface area contributed by atoms with Crippen LogP contribution < -0.4 is 21.5 Å². The van der Waals surface area contributed by atoms with Gasteiger partial charge in [0.15, 0.2) is 0 Å². The van der Waals surface area contributed by atoms with E-state index in [9.17, 15) is 14.0 Å². The third kappa shape index (κ3) is 3.12. The number of benzene rings is 1. The lowest BCUT2D eigenvalue weighted by atomic mass is 10.1. The average molecular weight is 371 g/mol. The van der Waals surface area contributed by atoms with Crippen molar-refractivity contribution in [1.29, 1.82) is 5.26 Å². The number of nitrogens with one attached hydrogen (secondary N) is 2. The van der Waals surface area contributed by atoms with Gasteiger partial charge in [0, 0.05) is 43.7 Å². The van der Waals surface area contributed by atoms with Gasteiger partial charge < -0.3 is 10.2 Å². The summed E-state index contributed by atoms with van der Waals surface area (Å²) in [6.07, 6.45) is 3.08. The van der Waals surface area contributed by atoms with Crippen molar-refractivity contribution in [2.45, 2.75) is 44.7 Å². The Hall–Kier alpha value is -2.66. The number of aromatic amines is 1. The second kappa shape index (κ2) is 6.82. The quantitative estimate of drug-likeness (QED) is 0.778. The summed E-state index contributed by atoms with van der Waals surface area (Å²) in [4.78, 5) is 28.9. The molecule has 0 spiro atoms. The van der Waals surface area contributed by atoms with Crippen LogP contribution in [0.3, 0.4) is 0 Å². The van der Waals surface area contributed by atoms with Gasteiger partial charge in [-0.25, -0.2) is 9.18 Å². The number of aryl methyl sites for hydroxylation is 1. The largest absolute Gasteiger partial charge is 0.367 e. The van der Waals surface area contributed by atoms with Crippen LogP contribution in [0.5, 0.6) is 0 Å². The fraction of sp³-hybridized carbons (Fsp3) is 0.526. The predicted molar refractivity (Wildman–Crippen MR) is 101 cm³/mol. The topological polar surface area (TPSA) is 93.9 Å². The van der Waals surface area contributed by atoms with E-state index in [1.807, 2.05) is 4.90 Å². The molecule has 1 aliphatic carbocycles. The van der Waals surface area contributed by atoms with E-state index in [1.165, 1.54) is 6.07 Å². The van der Waals surface area contributed by atoms with Crippen molar-refractivity contribution in [1.82, 2.24) is 14.9 Å². The van der Waals surface area contributed by atoms with Crippen molar-refractivity contribution >= 4 is 16.6 Å². The highest BCUT2D eigenvalue weighted by atomic mass is 19.1. The molecule has 27 heavy (non-hydrogen) atoms. The Morgan fingerprint density at radius 2 is 2.15 bits per heavy atom. The summed E-state index contributed by atoms with van der Waals surface area (Å²) < 4.78 is 16.6. The van der Waals surface area contributed by atoms with Crippen LogP contribution in [0.25, 0.3) is 10.9 Å². The lowest BCUT2D eigenvalue weighted by Gasteiger charge is -2.24. The number of aromatic nitrogens is 2. The maximum atomic E-state index is 14.9. The zero-order valence-electron chi connectivity index (χ0n) is 15.2. The van der Waals surface area contributed by atoms with Crippen LogP contribution in [0.15, 0.2) is 15.7 Å². The minimum Gasteiger partial charge on any atom is -0.367 e. The van der Waals surface area contributed by atoms with Gasteiger partial charge in [-0.2, -0.15) is 5.26 Å². The Morgan fingerprint density at radius 1 is 1.37 bits per heavy atom. The zero-order valence-corrected chi connectivity index (χ0v) is 15.2. The monoisotopic (exact) mass is 371 g/mol. The Labute approximate surface area is 155 Å². The molecule has 0 radical (unpaired) electrons. The van der Waals surface area contributed by atoms with E-state index < -0.39 is 17.1 Å². The molecule has 2 heterocycles. The molecule has 1 aromatic carbocycles. The molecule has 2 N–H and O–H groups in total. The first kappa shape index (κ1) is 17.7. The molecule has 0 bridgehead atoms. The number of hydrogen-bond donors (Lipinski definition) is 2. The summed E-state index contributed by atoms with van der Waals surface area (Å²) in [5.41, 5.74) is 0.679. The van der Waals surface area contributed by atoms with E-state index in [0.29, 0.717) is 42.8 Å². The maximum Gasteiger partial charge on any atom is 0.329 e. The predicted octanol–water partition coefficient (Wildman–Crippen LogP) is 1.55. The Kier molecular flexibility index (Phi) is 4.48. The lowest BCUT2D eigenvalue weighted by molar-refractivity contribution is 0.558. The first-order valence-electron chi connectivity index (χ1n) is 9.34. The Balaban J connectivity index is 1.76.